The van der Waals surface area contributed by atoms with Gasteiger partial charge in [-0.15, -0.1) is 11.3 Å². The van der Waals surface area contributed by atoms with E-state index in [-0.39, 0.29) is 0 Å². The van der Waals surface area contributed by atoms with Crippen LogP contribution >= 0.6 is 11.3 Å². The first-order valence-corrected chi connectivity index (χ1v) is 6.26. The third-order valence-electron chi connectivity index (χ3n) is 2.97. The highest BCUT2D eigenvalue weighted by Crippen LogP contribution is 2.34. The highest BCUT2D eigenvalue weighted by atomic mass is 32.1. The first-order chi connectivity index (χ1) is 8.16. The minimum Gasteiger partial charge on any atom is -0.375 e. The maximum Gasteiger partial charge on any atom is 0.180 e. The summed E-state index contributed by atoms with van der Waals surface area (Å²) in [6.45, 7) is 2.06. The van der Waals surface area contributed by atoms with E-state index in [1.54, 1.807) is 0 Å². The molecule has 0 spiro atoms. The van der Waals surface area contributed by atoms with Gasteiger partial charge in [-0.1, -0.05) is 18.2 Å². The Hall–Kier alpha value is -1.81. The van der Waals surface area contributed by atoms with Crippen LogP contribution in [0.1, 0.15) is 4.88 Å². The number of hydrogen-bond donors (Lipinski definition) is 1. The molecule has 0 aliphatic heterocycles. The van der Waals surface area contributed by atoms with Crippen LogP contribution in [-0.2, 0) is 7.05 Å². The Kier molecular flexibility index (Phi) is 2.19. The number of aromatic nitrogens is 2. The zero-order chi connectivity index (χ0) is 12.0. The smallest absolute Gasteiger partial charge is 0.180 e. The number of nitrogens with two attached hydrogens (primary N) is 1. The van der Waals surface area contributed by atoms with Gasteiger partial charge in [0.1, 0.15) is 0 Å². The van der Waals surface area contributed by atoms with Crippen molar-refractivity contribution in [2.75, 3.05) is 5.73 Å². The van der Waals surface area contributed by atoms with Crippen LogP contribution in [0.5, 0.6) is 0 Å². The van der Waals surface area contributed by atoms with Crippen molar-refractivity contribution in [3.05, 3.63) is 35.3 Å². The summed E-state index contributed by atoms with van der Waals surface area (Å²) >= 11 is 1.54. The lowest BCUT2D eigenvalue weighted by Crippen LogP contribution is -1.83. The molecule has 0 aliphatic rings. The fourth-order valence-corrected chi connectivity index (χ4v) is 2.90. The van der Waals surface area contributed by atoms with Crippen molar-refractivity contribution < 1.29 is 0 Å². The van der Waals surface area contributed by atoms with Crippen LogP contribution in [0.4, 0.5) is 5.13 Å². The molecule has 0 amide bonds. The van der Waals surface area contributed by atoms with Gasteiger partial charge in [-0.3, -0.25) is 0 Å². The number of hydrogen-bond acceptors (Lipinski definition) is 3. The molecule has 86 valence electrons. The van der Waals surface area contributed by atoms with Crippen molar-refractivity contribution in [2.24, 2.45) is 7.05 Å². The van der Waals surface area contributed by atoms with Crippen molar-refractivity contribution in [1.29, 1.82) is 0 Å². The van der Waals surface area contributed by atoms with Crippen molar-refractivity contribution in [2.45, 2.75) is 6.92 Å². The number of anilines is 1. The van der Waals surface area contributed by atoms with E-state index >= 15 is 0 Å². The molecule has 3 aromatic rings. The van der Waals surface area contributed by atoms with E-state index in [4.69, 9.17) is 5.73 Å². The van der Waals surface area contributed by atoms with E-state index in [0.717, 1.165) is 11.3 Å². The molecule has 0 saturated carbocycles. The summed E-state index contributed by atoms with van der Waals surface area (Å²) in [6, 6.07) is 8.34. The molecule has 2 aromatic heterocycles. The summed E-state index contributed by atoms with van der Waals surface area (Å²) < 4.78 is 2.12. The fraction of sp³-hybridized carbons (Fsp3) is 0.154. The van der Waals surface area contributed by atoms with Crippen molar-refractivity contribution >= 4 is 27.4 Å². The normalized spacial score (nSPS) is 11.2. The molecule has 3 rings (SSSR count). The van der Waals surface area contributed by atoms with Crippen LogP contribution in [0.15, 0.2) is 30.5 Å². The third-order valence-corrected chi connectivity index (χ3v) is 3.77. The summed E-state index contributed by atoms with van der Waals surface area (Å²) in [6.07, 6.45) is 2.12. The number of thiazole rings is 1. The van der Waals surface area contributed by atoms with E-state index in [2.05, 4.69) is 47.9 Å². The van der Waals surface area contributed by atoms with Crippen molar-refractivity contribution in [3.63, 3.8) is 0 Å². The van der Waals surface area contributed by atoms with Crippen LogP contribution in [0, 0.1) is 6.92 Å². The average Bonchev–Trinajstić information content (AvgIpc) is 2.80. The standard InChI is InChI=1S/C13H13N3S/c1-8-12(15-13(14)17-8)10-7-16(2)11-6-4-3-5-9(10)11/h3-7H,1-2H3,(H2,14,15). The lowest BCUT2D eigenvalue weighted by atomic mass is 10.1. The van der Waals surface area contributed by atoms with E-state index in [0.29, 0.717) is 5.13 Å². The summed E-state index contributed by atoms with van der Waals surface area (Å²) in [5.74, 6) is 0. The molecular weight excluding hydrogens is 230 g/mol. The SMILES string of the molecule is Cc1sc(N)nc1-c1cn(C)c2ccccc12. The van der Waals surface area contributed by atoms with Gasteiger partial charge in [0.25, 0.3) is 0 Å². The maximum absolute atomic E-state index is 5.77. The zero-order valence-corrected chi connectivity index (χ0v) is 10.6. The Morgan fingerprint density at radius 3 is 2.76 bits per heavy atom. The molecule has 2 N–H and O–H groups in total. The van der Waals surface area contributed by atoms with Crippen molar-refractivity contribution in [3.8, 4) is 11.3 Å². The molecule has 3 nitrogen and oxygen atoms in total. The number of nitrogen functional groups attached to an aromatic ring is 1. The second-order valence-electron chi connectivity index (χ2n) is 4.13. The van der Waals surface area contributed by atoms with Gasteiger partial charge in [0.2, 0.25) is 0 Å². The van der Waals surface area contributed by atoms with Crippen LogP contribution < -0.4 is 5.73 Å². The maximum atomic E-state index is 5.77. The van der Waals surface area contributed by atoms with Gasteiger partial charge in [0, 0.05) is 34.6 Å². The Labute approximate surface area is 104 Å². The summed E-state index contributed by atoms with van der Waals surface area (Å²) in [7, 11) is 2.05. The van der Waals surface area contributed by atoms with Gasteiger partial charge in [-0.25, -0.2) is 4.98 Å². The molecule has 2 heterocycles. The van der Waals surface area contributed by atoms with Gasteiger partial charge in [-0.2, -0.15) is 0 Å². The Morgan fingerprint density at radius 2 is 2.06 bits per heavy atom. The number of nitrogens with zero attached hydrogens (tertiary/aromatic N) is 2. The van der Waals surface area contributed by atoms with E-state index in [9.17, 15) is 0 Å². The Balaban J connectivity index is 2.34. The van der Waals surface area contributed by atoms with Crippen molar-refractivity contribution in [1.82, 2.24) is 9.55 Å². The van der Waals surface area contributed by atoms with Crippen LogP contribution in [0.25, 0.3) is 22.2 Å². The molecule has 4 heteroatoms. The third kappa shape index (κ3) is 1.52. The van der Waals surface area contributed by atoms with Crippen LogP contribution in [0.3, 0.4) is 0 Å². The number of rotatable bonds is 1. The first kappa shape index (κ1) is 10.4. The monoisotopic (exact) mass is 243 g/mol. The molecule has 1 aromatic carbocycles. The second kappa shape index (κ2) is 3.60. The Morgan fingerprint density at radius 1 is 1.29 bits per heavy atom. The molecule has 0 saturated heterocycles. The summed E-state index contributed by atoms with van der Waals surface area (Å²) in [4.78, 5) is 5.59. The molecule has 0 bridgehead atoms. The van der Waals surface area contributed by atoms with Gasteiger partial charge < -0.3 is 10.3 Å². The molecular formula is C13H13N3S. The highest BCUT2D eigenvalue weighted by Gasteiger charge is 2.13. The second-order valence-corrected chi connectivity index (χ2v) is 5.36. The van der Waals surface area contributed by atoms with Crippen LogP contribution in [-0.4, -0.2) is 9.55 Å². The average molecular weight is 243 g/mol. The van der Waals surface area contributed by atoms with E-state index in [1.807, 2.05) is 6.07 Å². The quantitative estimate of drug-likeness (QED) is 0.713. The molecule has 0 unspecified atom stereocenters. The molecule has 0 fully saturated rings. The van der Waals surface area contributed by atoms with E-state index < -0.39 is 0 Å². The molecule has 17 heavy (non-hydrogen) atoms. The lowest BCUT2D eigenvalue weighted by molar-refractivity contribution is 0.969. The first-order valence-electron chi connectivity index (χ1n) is 5.44. The lowest BCUT2D eigenvalue weighted by Gasteiger charge is -1.95. The topological polar surface area (TPSA) is 43.8 Å². The summed E-state index contributed by atoms with van der Waals surface area (Å²) in [5.41, 5.74) is 9.15. The fourth-order valence-electron chi connectivity index (χ4n) is 2.20. The minimum absolute atomic E-state index is 0.630. The number of para-hydroxylation sites is 1. The molecule has 0 aliphatic carbocycles. The predicted molar refractivity (Wildman–Crippen MR) is 73.2 cm³/mol. The van der Waals surface area contributed by atoms with Crippen LogP contribution in [0.2, 0.25) is 0 Å². The van der Waals surface area contributed by atoms with Gasteiger partial charge in [-0.05, 0) is 13.0 Å². The predicted octanol–water partition coefficient (Wildman–Crippen LogP) is 3.19. The van der Waals surface area contributed by atoms with Gasteiger partial charge in [0.15, 0.2) is 5.13 Å². The zero-order valence-electron chi connectivity index (χ0n) is 9.77. The molecule has 0 radical (unpaired) electrons. The number of fused-ring (bicyclic) bond motifs is 1. The number of benzene rings is 1. The Bertz CT molecular complexity index is 694. The summed E-state index contributed by atoms with van der Waals surface area (Å²) in [5, 5.41) is 1.86. The number of aryl methyl sites for hydroxylation is 2. The molecule has 0 atom stereocenters. The largest absolute Gasteiger partial charge is 0.375 e. The van der Waals surface area contributed by atoms with Gasteiger partial charge in [0.05, 0.1) is 5.69 Å². The van der Waals surface area contributed by atoms with E-state index in [1.165, 1.54) is 27.1 Å². The van der Waals surface area contributed by atoms with Gasteiger partial charge >= 0.3 is 0 Å². The highest BCUT2D eigenvalue weighted by molar-refractivity contribution is 7.15. The minimum atomic E-state index is 0.630.